The predicted octanol–water partition coefficient (Wildman–Crippen LogP) is 6.40. The van der Waals surface area contributed by atoms with Crippen LogP contribution in [0.3, 0.4) is 0 Å². The third-order valence-electron chi connectivity index (χ3n) is 4.65. The smallest absolute Gasteiger partial charge is 0.261 e. The maximum atomic E-state index is 12.6. The number of carbonyl (C=O) groups excluding carboxylic acids is 1. The number of aryl methyl sites for hydroxylation is 3. The number of amides is 1. The van der Waals surface area contributed by atoms with E-state index in [2.05, 4.69) is 37.4 Å². The average molecular weight is 414 g/mol. The van der Waals surface area contributed by atoms with Gasteiger partial charge in [0.25, 0.3) is 5.91 Å². The van der Waals surface area contributed by atoms with Crippen molar-refractivity contribution in [3.05, 3.63) is 85.6 Å². The Kier molecular flexibility index (Phi) is 6.42. The second kappa shape index (κ2) is 8.80. The van der Waals surface area contributed by atoms with E-state index < -0.39 is 0 Å². The molecular formula is C23H24ClNO2S. The molecule has 1 atom stereocenters. The van der Waals surface area contributed by atoms with Gasteiger partial charge in [-0.1, -0.05) is 35.4 Å². The molecule has 1 aromatic heterocycles. The van der Waals surface area contributed by atoms with Crippen molar-refractivity contribution < 1.29 is 9.53 Å². The highest BCUT2D eigenvalue weighted by Gasteiger charge is 2.15. The average Bonchev–Trinajstić information content (AvgIpc) is 3.10. The molecule has 1 amide bonds. The SMILES string of the molecule is Cc1ccc(C(C)NC(=O)c2cc(COc3ccc(Cl)cc3C)cs2)c(C)c1. The Morgan fingerprint density at radius 2 is 1.89 bits per heavy atom. The van der Waals surface area contributed by atoms with Crippen LogP contribution in [0.25, 0.3) is 0 Å². The lowest BCUT2D eigenvalue weighted by molar-refractivity contribution is 0.0944. The molecule has 0 aliphatic heterocycles. The maximum Gasteiger partial charge on any atom is 0.261 e. The molecule has 28 heavy (non-hydrogen) atoms. The van der Waals surface area contributed by atoms with Gasteiger partial charge in [0.15, 0.2) is 0 Å². The second-order valence-corrected chi connectivity index (χ2v) is 8.42. The summed E-state index contributed by atoms with van der Waals surface area (Å²) in [5, 5.41) is 5.74. The topological polar surface area (TPSA) is 38.3 Å². The molecule has 2 aromatic carbocycles. The highest BCUT2D eigenvalue weighted by Crippen LogP contribution is 2.24. The summed E-state index contributed by atoms with van der Waals surface area (Å²) in [4.78, 5) is 13.3. The third-order valence-corrected chi connectivity index (χ3v) is 5.86. The summed E-state index contributed by atoms with van der Waals surface area (Å²) in [5.41, 5.74) is 5.51. The normalized spacial score (nSPS) is 11.9. The van der Waals surface area contributed by atoms with Crippen LogP contribution in [0.5, 0.6) is 5.75 Å². The van der Waals surface area contributed by atoms with Crippen LogP contribution >= 0.6 is 22.9 Å². The van der Waals surface area contributed by atoms with Gasteiger partial charge in [-0.3, -0.25) is 4.79 Å². The summed E-state index contributed by atoms with van der Waals surface area (Å²) in [6.07, 6.45) is 0. The van der Waals surface area contributed by atoms with E-state index in [1.165, 1.54) is 22.5 Å². The van der Waals surface area contributed by atoms with Crippen molar-refractivity contribution in [1.29, 1.82) is 0 Å². The highest BCUT2D eigenvalue weighted by atomic mass is 35.5. The molecule has 0 aliphatic rings. The number of nitrogens with one attached hydrogen (secondary N) is 1. The zero-order valence-electron chi connectivity index (χ0n) is 16.5. The molecule has 146 valence electrons. The summed E-state index contributed by atoms with van der Waals surface area (Å²) in [6, 6.07) is 13.7. The third kappa shape index (κ3) is 4.94. The van der Waals surface area contributed by atoms with Crippen LogP contribution in [0.4, 0.5) is 0 Å². The number of hydrogen-bond acceptors (Lipinski definition) is 3. The Hall–Kier alpha value is -2.30. The van der Waals surface area contributed by atoms with Gasteiger partial charge in [0.1, 0.15) is 12.4 Å². The fourth-order valence-corrected chi connectivity index (χ4v) is 4.19. The molecule has 1 N–H and O–H groups in total. The minimum Gasteiger partial charge on any atom is -0.489 e. The van der Waals surface area contributed by atoms with E-state index in [9.17, 15) is 4.79 Å². The van der Waals surface area contributed by atoms with Gasteiger partial charge in [-0.05, 0) is 74.0 Å². The van der Waals surface area contributed by atoms with Crippen LogP contribution < -0.4 is 10.1 Å². The lowest BCUT2D eigenvalue weighted by Gasteiger charge is -2.16. The van der Waals surface area contributed by atoms with E-state index in [-0.39, 0.29) is 11.9 Å². The van der Waals surface area contributed by atoms with Gasteiger partial charge in [-0.25, -0.2) is 0 Å². The second-order valence-electron chi connectivity index (χ2n) is 7.07. The first kappa shape index (κ1) is 20.4. The van der Waals surface area contributed by atoms with Crippen molar-refractivity contribution in [2.45, 2.75) is 40.3 Å². The molecule has 5 heteroatoms. The quantitative estimate of drug-likeness (QED) is 0.508. The fraction of sp³-hybridized carbons (Fsp3) is 0.261. The Bertz CT molecular complexity index is 996. The molecule has 3 rings (SSSR count). The molecule has 3 nitrogen and oxygen atoms in total. The number of thiophene rings is 1. The first-order valence-electron chi connectivity index (χ1n) is 9.18. The van der Waals surface area contributed by atoms with Crippen LogP contribution in [-0.2, 0) is 6.61 Å². The van der Waals surface area contributed by atoms with Gasteiger partial charge in [-0.15, -0.1) is 11.3 Å². The van der Waals surface area contributed by atoms with Gasteiger partial charge >= 0.3 is 0 Å². The number of carbonyl (C=O) groups is 1. The van der Waals surface area contributed by atoms with E-state index >= 15 is 0 Å². The summed E-state index contributed by atoms with van der Waals surface area (Å²) < 4.78 is 5.86. The molecule has 0 spiro atoms. The van der Waals surface area contributed by atoms with Crippen LogP contribution in [0.15, 0.2) is 47.8 Å². The lowest BCUT2D eigenvalue weighted by atomic mass is 10.0. The molecule has 0 fully saturated rings. The zero-order valence-corrected chi connectivity index (χ0v) is 18.1. The Balaban J connectivity index is 1.62. The summed E-state index contributed by atoms with van der Waals surface area (Å²) >= 11 is 7.41. The van der Waals surface area contributed by atoms with Crippen LogP contribution in [0, 0.1) is 20.8 Å². The Morgan fingerprint density at radius 3 is 2.61 bits per heavy atom. The van der Waals surface area contributed by atoms with E-state index in [1.54, 1.807) is 0 Å². The van der Waals surface area contributed by atoms with Crippen molar-refractivity contribution in [2.24, 2.45) is 0 Å². The Morgan fingerprint density at radius 1 is 1.11 bits per heavy atom. The monoisotopic (exact) mass is 413 g/mol. The number of ether oxygens (including phenoxy) is 1. The zero-order chi connectivity index (χ0) is 20.3. The lowest BCUT2D eigenvalue weighted by Crippen LogP contribution is -2.26. The Labute approximate surface area is 175 Å². The standard InChI is InChI=1S/C23H24ClNO2S/c1-14-5-7-20(15(2)9-14)17(4)25-23(26)22-11-18(13-28-22)12-27-21-8-6-19(24)10-16(21)3/h5-11,13,17H,12H2,1-4H3,(H,25,26). The van der Waals surface area contributed by atoms with Crippen molar-refractivity contribution in [3.8, 4) is 5.75 Å². The first-order chi connectivity index (χ1) is 13.3. The molecule has 3 aromatic rings. The summed E-state index contributed by atoms with van der Waals surface area (Å²) in [6.45, 7) is 8.53. The molecule has 0 aliphatic carbocycles. The van der Waals surface area contributed by atoms with Gasteiger partial charge in [-0.2, -0.15) is 0 Å². The summed E-state index contributed by atoms with van der Waals surface area (Å²) in [5.74, 6) is 0.733. The van der Waals surface area contributed by atoms with Crippen LogP contribution in [-0.4, -0.2) is 5.91 Å². The van der Waals surface area contributed by atoms with Crippen molar-refractivity contribution >= 4 is 28.8 Å². The van der Waals surface area contributed by atoms with E-state index in [0.29, 0.717) is 16.5 Å². The molecule has 0 saturated carbocycles. The minimum absolute atomic E-state index is 0.0494. The van der Waals surface area contributed by atoms with Gasteiger partial charge < -0.3 is 10.1 Å². The largest absolute Gasteiger partial charge is 0.489 e. The van der Waals surface area contributed by atoms with Crippen LogP contribution in [0.1, 0.15) is 50.5 Å². The molecule has 0 saturated heterocycles. The molecule has 0 radical (unpaired) electrons. The summed E-state index contributed by atoms with van der Waals surface area (Å²) in [7, 11) is 0. The minimum atomic E-state index is -0.0635. The van der Waals surface area contributed by atoms with E-state index in [0.717, 1.165) is 22.4 Å². The van der Waals surface area contributed by atoms with Crippen LogP contribution in [0.2, 0.25) is 5.02 Å². The number of benzene rings is 2. The molecule has 1 unspecified atom stereocenters. The number of hydrogen-bond donors (Lipinski definition) is 1. The van der Waals surface area contributed by atoms with Crippen molar-refractivity contribution in [2.75, 3.05) is 0 Å². The molecule has 0 bridgehead atoms. The van der Waals surface area contributed by atoms with Gasteiger partial charge in [0.05, 0.1) is 10.9 Å². The highest BCUT2D eigenvalue weighted by molar-refractivity contribution is 7.12. The predicted molar refractivity (Wildman–Crippen MR) is 117 cm³/mol. The van der Waals surface area contributed by atoms with E-state index in [1.807, 2.05) is 43.5 Å². The molecule has 1 heterocycles. The number of rotatable bonds is 6. The fourth-order valence-electron chi connectivity index (χ4n) is 3.16. The van der Waals surface area contributed by atoms with E-state index in [4.69, 9.17) is 16.3 Å². The first-order valence-corrected chi connectivity index (χ1v) is 10.4. The van der Waals surface area contributed by atoms with Gasteiger partial charge in [0, 0.05) is 10.6 Å². The maximum absolute atomic E-state index is 12.6. The van der Waals surface area contributed by atoms with Gasteiger partial charge in [0.2, 0.25) is 0 Å². The van der Waals surface area contributed by atoms with Crippen molar-refractivity contribution in [3.63, 3.8) is 0 Å². The molecular weight excluding hydrogens is 390 g/mol. The van der Waals surface area contributed by atoms with Crippen molar-refractivity contribution in [1.82, 2.24) is 5.32 Å². The number of halogens is 1.